The summed E-state index contributed by atoms with van der Waals surface area (Å²) in [6, 6.07) is 3.93. The van der Waals surface area contributed by atoms with Crippen molar-refractivity contribution in [3.63, 3.8) is 0 Å². The lowest BCUT2D eigenvalue weighted by atomic mass is 10.1. The van der Waals surface area contributed by atoms with Crippen LogP contribution in [0, 0.1) is 0 Å². The Hall–Kier alpha value is -2.61. The minimum Gasteiger partial charge on any atom is -0.408 e. The topological polar surface area (TPSA) is 111 Å². The van der Waals surface area contributed by atoms with Crippen molar-refractivity contribution in [2.45, 2.75) is 38.4 Å². The van der Waals surface area contributed by atoms with Gasteiger partial charge < -0.3 is 20.4 Å². The third-order valence-corrected chi connectivity index (χ3v) is 4.37. The maximum atomic E-state index is 12.9. The highest BCUT2D eigenvalue weighted by molar-refractivity contribution is 6.00. The molecule has 0 unspecified atom stereocenters. The first kappa shape index (κ1) is 17.2. The van der Waals surface area contributed by atoms with Crippen LogP contribution in [0.15, 0.2) is 27.4 Å². The molecule has 0 radical (unpaired) electrons. The van der Waals surface area contributed by atoms with Crippen LogP contribution in [0.2, 0.25) is 0 Å². The number of carbonyl (C=O) groups excluding carboxylic acids is 2. The fraction of sp³-hybridized carbons (Fsp3) is 0.471. The van der Waals surface area contributed by atoms with E-state index in [4.69, 9.17) is 10.2 Å². The third-order valence-electron chi connectivity index (χ3n) is 4.37. The average molecular weight is 346 g/mol. The Kier molecular flexibility index (Phi) is 4.38. The highest BCUT2D eigenvalue weighted by atomic mass is 16.4. The molecule has 0 aliphatic carbocycles. The summed E-state index contributed by atoms with van der Waals surface area (Å²) in [7, 11) is 1.58. The minimum atomic E-state index is -0.589. The van der Waals surface area contributed by atoms with Gasteiger partial charge in [0.15, 0.2) is 5.58 Å². The standard InChI is InChI=1S/C17H22N4O4/c1-9(2)19-15(22)13-7-11(18)8-21(13)16(23)10-4-5-14-12(6-10)20(3)17(24)25-14/h4-6,9,11,13H,7-8,18H2,1-3H3,(H,19,22)/t11-,13-/m0/s1. The van der Waals surface area contributed by atoms with Crippen LogP contribution in [-0.2, 0) is 11.8 Å². The summed E-state index contributed by atoms with van der Waals surface area (Å²) in [6.45, 7) is 4.05. The van der Waals surface area contributed by atoms with Crippen molar-refractivity contribution in [1.82, 2.24) is 14.8 Å². The van der Waals surface area contributed by atoms with Gasteiger partial charge in [-0.2, -0.15) is 0 Å². The molecule has 1 aliphatic heterocycles. The summed E-state index contributed by atoms with van der Waals surface area (Å²) in [4.78, 5) is 38.4. The van der Waals surface area contributed by atoms with Crippen LogP contribution in [0.25, 0.3) is 11.1 Å². The number of nitrogens with zero attached hydrogens (tertiary/aromatic N) is 2. The van der Waals surface area contributed by atoms with E-state index in [1.54, 1.807) is 25.2 Å². The van der Waals surface area contributed by atoms with Gasteiger partial charge in [-0.1, -0.05) is 0 Å². The molecule has 0 saturated carbocycles. The number of aryl methyl sites for hydroxylation is 1. The molecule has 1 fully saturated rings. The van der Waals surface area contributed by atoms with Crippen molar-refractivity contribution in [1.29, 1.82) is 0 Å². The van der Waals surface area contributed by atoms with Crippen molar-refractivity contribution in [2.75, 3.05) is 6.54 Å². The number of rotatable bonds is 3. The molecule has 25 heavy (non-hydrogen) atoms. The lowest BCUT2D eigenvalue weighted by Crippen LogP contribution is -2.47. The van der Waals surface area contributed by atoms with Gasteiger partial charge in [-0.3, -0.25) is 14.2 Å². The van der Waals surface area contributed by atoms with E-state index in [2.05, 4.69) is 5.32 Å². The summed E-state index contributed by atoms with van der Waals surface area (Å²) in [5.41, 5.74) is 7.32. The molecule has 8 nitrogen and oxygen atoms in total. The molecule has 2 amide bonds. The number of oxazole rings is 1. The normalized spacial score (nSPS) is 20.4. The molecule has 1 aromatic heterocycles. The summed E-state index contributed by atoms with van der Waals surface area (Å²) >= 11 is 0. The monoisotopic (exact) mass is 346 g/mol. The van der Waals surface area contributed by atoms with Gasteiger partial charge >= 0.3 is 5.76 Å². The van der Waals surface area contributed by atoms with Crippen LogP contribution < -0.4 is 16.8 Å². The van der Waals surface area contributed by atoms with Crippen molar-refractivity contribution < 1.29 is 14.0 Å². The predicted octanol–water partition coefficient (Wildman–Crippen LogP) is 0.198. The number of amides is 2. The van der Waals surface area contributed by atoms with E-state index in [-0.39, 0.29) is 23.9 Å². The SMILES string of the molecule is CC(C)NC(=O)[C@@H]1C[C@H](N)CN1C(=O)c1ccc2oc(=O)n(C)c2c1. The third kappa shape index (κ3) is 3.17. The second kappa shape index (κ2) is 6.36. The van der Waals surface area contributed by atoms with Gasteiger partial charge in [-0.25, -0.2) is 4.79 Å². The van der Waals surface area contributed by atoms with E-state index < -0.39 is 11.8 Å². The van der Waals surface area contributed by atoms with Crippen LogP contribution in [0.4, 0.5) is 0 Å². The number of hydrogen-bond acceptors (Lipinski definition) is 5. The maximum Gasteiger partial charge on any atom is 0.419 e. The van der Waals surface area contributed by atoms with Crippen LogP contribution >= 0.6 is 0 Å². The molecule has 3 N–H and O–H groups in total. The zero-order chi connectivity index (χ0) is 18.3. The smallest absolute Gasteiger partial charge is 0.408 e. The van der Waals surface area contributed by atoms with E-state index in [0.717, 1.165) is 0 Å². The Balaban J connectivity index is 1.91. The molecule has 0 bridgehead atoms. The van der Waals surface area contributed by atoms with Crippen LogP contribution in [0.1, 0.15) is 30.6 Å². The Morgan fingerprint density at radius 1 is 1.36 bits per heavy atom. The molecule has 1 aromatic carbocycles. The van der Waals surface area contributed by atoms with Gasteiger partial charge in [0.1, 0.15) is 6.04 Å². The quantitative estimate of drug-likeness (QED) is 0.825. The second-order valence-electron chi connectivity index (χ2n) is 6.74. The summed E-state index contributed by atoms with van der Waals surface area (Å²) in [5, 5.41) is 2.83. The zero-order valence-electron chi connectivity index (χ0n) is 14.5. The predicted molar refractivity (Wildman–Crippen MR) is 92.2 cm³/mol. The molecule has 2 aromatic rings. The molecule has 2 atom stereocenters. The van der Waals surface area contributed by atoms with Gasteiger partial charge in [-0.15, -0.1) is 0 Å². The van der Waals surface area contributed by atoms with Crippen LogP contribution in [0.3, 0.4) is 0 Å². The summed E-state index contributed by atoms with van der Waals surface area (Å²) < 4.78 is 6.42. The molecule has 3 rings (SSSR count). The Labute approximate surface area is 144 Å². The number of benzene rings is 1. The van der Waals surface area contributed by atoms with E-state index in [1.807, 2.05) is 13.8 Å². The number of likely N-dealkylation sites (tertiary alicyclic amines) is 1. The fourth-order valence-electron chi connectivity index (χ4n) is 3.15. The van der Waals surface area contributed by atoms with Gasteiger partial charge in [0.2, 0.25) is 5.91 Å². The molecule has 134 valence electrons. The van der Waals surface area contributed by atoms with E-state index in [9.17, 15) is 14.4 Å². The molecule has 1 aliphatic rings. The van der Waals surface area contributed by atoms with Crippen LogP contribution in [-0.4, -0.2) is 46.0 Å². The molecular weight excluding hydrogens is 324 g/mol. The van der Waals surface area contributed by atoms with Gasteiger partial charge in [0.05, 0.1) is 5.52 Å². The van der Waals surface area contributed by atoms with Crippen molar-refractivity contribution in [3.05, 3.63) is 34.3 Å². The van der Waals surface area contributed by atoms with Crippen molar-refractivity contribution >= 4 is 22.9 Å². The lowest BCUT2D eigenvalue weighted by molar-refractivity contribution is -0.125. The van der Waals surface area contributed by atoms with Crippen molar-refractivity contribution in [2.24, 2.45) is 12.8 Å². The molecule has 8 heteroatoms. The lowest BCUT2D eigenvalue weighted by Gasteiger charge is -2.24. The van der Waals surface area contributed by atoms with E-state index >= 15 is 0 Å². The Morgan fingerprint density at radius 3 is 2.76 bits per heavy atom. The van der Waals surface area contributed by atoms with E-state index in [0.29, 0.717) is 29.6 Å². The first-order valence-corrected chi connectivity index (χ1v) is 8.24. The summed E-state index contributed by atoms with van der Waals surface area (Å²) in [6.07, 6.45) is 0.427. The number of hydrogen-bond donors (Lipinski definition) is 2. The first-order valence-electron chi connectivity index (χ1n) is 8.24. The Bertz CT molecular complexity index is 882. The summed E-state index contributed by atoms with van der Waals surface area (Å²) in [5.74, 6) is -0.975. The molecule has 1 saturated heterocycles. The van der Waals surface area contributed by atoms with E-state index in [1.165, 1.54) is 9.47 Å². The molecular formula is C17H22N4O4. The number of aromatic nitrogens is 1. The first-order chi connectivity index (χ1) is 11.8. The average Bonchev–Trinajstić information content (AvgIpc) is 3.07. The molecule has 2 heterocycles. The van der Waals surface area contributed by atoms with Crippen LogP contribution in [0.5, 0.6) is 0 Å². The number of nitrogens with two attached hydrogens (primary N) is 1. The number of carbonyl (C=O) groups is 2. The zero-order valence-corrected chi connectivity index (χ0v) is 14.5. The highest BCUT2D eigenvalue weighted by Crippen LogP contribution is 2.22. The molecule has 0 spiro atoms. The minimum absolute atomic E-state index is 0.0157. The highest BCUT2D eigenvalue weighted by Gasteiger charge is 2.38. The maximum absolute atomic E-state index is 12.9. The van der Waals surface area contributed by atoms with Gasteiger partial charge in [0.25, 0.3) is 5.91 Å². The Morgan fingerprint density at radius 2 is 2.08 bits per heavy atom. The van der Waals surface area contributed by atoms with Crippen molar-refractivity contribution in [3.8, 4) is 0 Å². The number of fused-ring (bicyclic) bond motifs is 1. The van der Waals surface area contributed by atoms with Gasteiger partial charge in [0, 0.05) is 31.2 Å². The largest absolute Gasteiger partial charge is 0.419 e. The fourth-order valence-corrected chi connectivity index (χ4v) is 3.15. The van der Waals surface area contributed by atoms with Gasteiger partial charge in [-0.05, 0) is 38.5 Å². The second-order valence-corrected chi connectivity index (χ2v) is 6.74. The number of nitrogens with one attached hydrogen (secondary N) is 1.